The molecule has 1 aromatic carbocycles. The van der Waals surface area contributed by atoms with Gasteiger partial charge in [-0.15, -0.1) is 0 Å². The van der Waals surface area contributed by atoms with E-state index in [1.54, 1.807) is 0 Å². The maximum Gasteiger partial charge on any atom is 0.163 e. The quantitative estimate of drug-likeness (QED) is 0.840. The van der Waals surface area contributed by atoms with Gasteiger partial charge in [-0.3, -0.25) is 4.79 Å². The number of ketones is 1. The van der Waals surface area contributed by atoms with Crippen molar-refractivity contribution in [2.24, 2.45) is 5.92 Å². The summed E-state index contributed by atoms with van der Waals surface area (Å²) in [6.45, 7) is 8.47. The van der Waals surface area contributed by atoms with Crippen molar-refractivity contribution in [3.05, 3.63) is 34.9 Å². The highest BCUT2D eigenvalue weighted by Crippen LogP contribution is 2.53. The Morgan fingerprint density at radius 1 is 1.24 bits per heavy atom. The van der Waals surface area contributed by atoms with Crippen LogP contribution >= 0.6 is 0 Å². The van der Waals surface area contributed by atoms with Gasteiger partial charge in [0.1, 0.15) is 0 Å². The fraction of sp³-hybridized carbons (Fsp3) is 0.632. The van der Waals surface area contributed by atoms with Crippen LogP contribution < -0.4 is 0 Å². The Balaban J connectivity index is 2.15. The molecule has 0 saturated heterocycles. The topological polar surface area (TPSA) is 37.3 Å². The zero-order valence-corrected chi connectivity index (χ0v) is 13.6. The Hall–Kier alpha value is -1.15. The van der Waals surface area contributed by atoms with Crippen LogP contribution in [0.25, 0.3) is 0 Å². The molecule has 2 aliphatic rings. The molecule has 0 aromatic heterocycles. The number of Topliss-reactive ketones (excluding diaryl/α,β-unsaturated/α-hetero) is 1. The molecule has 2 aliphatic carbocycles. The monoisotopic (exact) mass is 286 g/mol. The molecule has 1 N–H and O–H groups in total. The molecular weight excluding hydrogens is 260 g/mol. The number of benzene rings is 1. The van der Waals surface area contributed by atoms with Crippen LogP contribution in [-0.4, -0.2) is 16.5 Å². The van der Waals surface area contributed by atoms with Crippen molar-refractivity contribution in [1.29, 1.82) is 0 Å². The van der Waals surface area contributed by atoms with Gasteiger partial charge in [-0.1, -0.05) is 32.9 Å². The number of fused-ring (bicyclic) bond motifs is 3. The minimum Gasteiger partial charge on any atom is -0.390 e. The van der Waals surface area contributed by atoms with Gasteiger partial charge < -0.3 is 5.11 Å². The largest absolute Gasteiger partial charge is 0.390 e. The lowest BCUT2D eigenvalue weighted by Gasteiger charge is -2.52. The van der Waals surface area contributed by atoms with Crippen molar-refractivity contribution in [2.75, 3.05) is 0 Å². The molecule has 21 heavy (non-hydrogen) atoms. The summed E-state index contributed by atoms with van der Waals surface area (Å²) in [6, 6.07) is 6.40. The minimum absolute atomic E-state index is 0.0450. The van der Waals surface area contributed by atoms with Crippen molar-refractivity contribution in [3.63, 3.8) is 0 Å². The minimum atomic E-state index is -0.725. The SMILES string of the molecule is CC(C)c1ccc2c(c1)C(=O)C[C@H]1[C@](C)(O)CCC[C@]21C. The maximum absolute atomic E-state index is 12.6. The third kappa shape index (κ3) is 2.15. The van der Waals surface area contributed by atoms with Gasteiger partial charge in [0, 0.05) is 17.9 Å². The van der Waals surface area contributed by atoms with Gasteiger partial charge in [-0.25, -0.2) is 0 Å². The lowest BCUT2D eigenvalue weighted by atomic mass is 9.53. The summed E-state index contributed by atoms with van der Waals surface area (Å²) in [5.41, 5.74) is 2.50. The summed E-state index contributed by atoms with van der Waals surface area (Å²) in [5, 5.41) is 10.8. The molecule has 2 nitrogen and oxygen atoms in total. The van der Waals surface area contributed by atoms with Crippen LogP contribution in [0.2, 0.25) is 0 Å². The van der Waals surface area contributed by atoms with Crippen LogP contribution in [-0.2, 0) is 5.41 Å². The smallest absolute Gasteiger partial charge is 0.163 e. The van der Waals surface area contributed by atoms with Crippen LogP contribution in [0.5, 0.6) is 0 Å². The van der Waals surface area contributed by atoms with E-state index in [9.17, 15) is 9.90 Å². The molecule has 0 heterocycles. The Labute approximate surface area is 127 Å². The molecule has 3 atom stereocenters. The first kappa shape index (κ1) is 14.8. The molecule has 2 heteroatoms. The second-order valence-electron chi connectivity index (χ2n) is 7.77. The van der Waals surface area contributed by atoms with E-state index in [1.165, 1.54) is 5.56 Å². The van der Waals surface area contributed by atoms with Crippen molar-refractivity contribution in [1.82, 2.24) is 0 Å². The maximum atomic E-state index is 12.6. The van der Waals surface area contributed by atoms with Gasteiger partial charge in [0.15, 0.2) is 5.78 Å². The van der Waals surface area contributed by atoms with Gasteiger partial charge in [0.25, 0.3) is 0 Å². The third-order valence-corrected chi connectivity index (χ3v) is 5.91. The lowest BCUT2D eigenvalue weighted by Crippen LogP contribution is -2.54. The molecule has 0 bridgehead atoms. The highest BCUT2D eigenvalue weighted by molar-refractivity contribution is 5.99. The number of aliphatic hydroxyl groups is 1. The van der Waals surface area contributed by atoms with E-state index >= 15 is 0 Å². The molecule has 1 saturated carbocycles. The average Bonchev–Trinajstić information content (AvgIpc) is 2.41. The average molecular weight is 286 g/mol. The second-order valence-corrected chi connectivity index (χ2v) is 7.77. The second kappa shape index (κ2) is 4.67. The molecule has 1 aromatic rings. The highest BCUT2D eigenvalue weighted by atomic mass is 16.3. The zero-order valence-electron chi connectivity index (χ0n) is 13.6. The summed E-state index contributed by atoms with van der Waals surface area (Å²) in [6.07, 6.45) is 3.38. The van der Waals surface area contributed by atoms with E-state index in [4.69, 9.17) is 0 Å². The lowest BCUT2D eigenvalue weighted by molar-refractivity contribution is -0.0703. The van der Waals surface area contributed by atoms with Crippen LogP contribution in [0.4, 0.5) is 0 Å². The van der Waals surface area contributed by atoms with Crippen LogP contribution in [0, 0.1) is 5.92 Å². The Bertz CT molecular complexity index is 585. The molecule has 0 spiro atoms. The summed E-state index contributed by atoms with van der Waals surface area (Å²) in [5.74, 6) is 0.684. The number of hydrogen-bond donors (Lipinski definition) is 1. The standard InChI is InChI=1S/C19H26O2/c1-12(2)13-6-7-15-14(10-13)16(20)11-17-18(15,3)8-5-9-19(17,4)21/h6-7,10,12,17,21H,5,8-9,11H2,1-4H3/t17-,18-,19-/m1/s1. The van der Waals surface area contributed by atoms with E-state index < -0.39 is 5.60 Å². The number of carbonyl (C=O) groups excluding carboxylic acids is 1. The van der Waals surface area contributed by atoms with Gasteiger partial charge in [0.05, 0.1) is 5.60 Å². The fourth-order valence-corrected chi connectivity index (χ4v) is 4.56. The van der Waals surface area contributed by atoms with Gasteiger partial charge in [-0.2, -0.15) is 0 Å². The van der Waals surface area contributed by atoms with E-state index in [1.807, 2.05) is 6.92 Å². The predicted octanol–water partition coefficient (Wildman–Crippen LogP) is 4.21. The molecule has 0 aliphatic heterocycles. The summed E-state index contributed by atoms with van der Waals surface area (Å²) >= 11 is 0. The van der Waals surface area contributed by atoms with E-state index in [0.29, 0.717) is 12.3 Å². The molecule has 0 amide bonds. The van der Waals surface area contributed by atoms with Crippen molar-refractivity contribution in [3.8, 4) is 0 Å². The Kier molecular flexibility index (Phi) is 3.29. The van der Waals surface area contributed by atoms with Crippen molar-refractivity contribution < 1.29 is 9.90 Å². The van der Waals surface area contributed by atoms with Gasteiger partial charge in [-0.05, 0) is 54.7 Å². The molecular formula is C19H26O2. The van der Waals surface area contributed by atoms with Gasteiger partial charge in [0.2, 0.25) is 0 Å². The van der Waals surface area contributed by atoms with Gasteiger partial charge >= 0.3 is 0 Å². The third-order valence-electron chi connectivity index (χ3n) is 5.91. The summed E-state index contributed by atoms with van der Waals surface area (Å²) in [4.78, 5) is 12.6. The van der Waals surface area contributed by atoms with Crippen LogP contribution in [0.3, 0.4) is 0 Å². The fourth-order valence-electron chi connectivity index (χ4n) is 4.56. The molecule has 114 valence electrons. The van der Waals surface area contributed by atoms with E-state index in [2.05, 4.69) is 39.0 Å². The van der Waals surface area contributed by atoms with Crippen LogP contribution in [0.15, 0.2) is 18.2 Å². The van der Waals surface area contributed by atoms with Crippen LogP contribution in [0.1, 0.15) is 80.8 Å². The highest BCUT2D eigenvalue weighted by Gasteiger charge is 2.53. The molecule has 1 fully saturated rings. The molecule has 0 radical (unpaired) electrons. The normalized spacial score (nSPS) is 35.5. The number of rotatable bonds is 1. The first-order chi connectivity index (χ1) is 9.75. The van der Waals surface area contributed by atoms with Crippen molar-refractivity contribution in [2.45, 2.75) is 70.3 Å². The molecule has 0 unspecified atom stereocenters. The predicted molar refractivity (Wildman–Crippen MR) is 84.8 cm³/mol. The van der Waals surface area contributed by atoms with E-state index in [-0.39, 0.29) is 17.1 Å². The summed E-state index contributed by atoms with van der Waals surface area (Å²) in [7, 11) is 0. The molecule has 3 rings (SSSR count). The number of carbonyl (C=O) groups is 1. The van der Waals surface area contributed by atoms with E-state index in [0.717, 1.165) is 30.4 Å². The Morgan fingerprint density at radius 3 is 2.62 bits per heavy atom. The van der Waals surface area contributed by atoms with Crippen molar-refractivity contribution >= 4 is 5.78 Å². The first-order valence-electron chi connectivity index (χ1n) is 8.16. The summed E-state index contributed by atoms with van der Waals surface area (Å²) < 4.78 is 0. The first-order valence-corrected chi connectivity index (χ1v) is 8.16. The number of hydrogen-bond acceptors (Lipinski definition) is 2. The zero-order chi connectivity index (χ0) is 15.4. The Morgan fingerprint density at radius 2 is 1.95 bits per heavy atom.